The molecule has 1 saturated heterocycles. The molecular formula is C18H25NO2. The van der Waals surface area contributed by atoms with E-state index in [9.17, 15) is 4.79 Å². The van der Waals surface area contributed by atoms with Gasteiger partial charge in [0, 0.05) is 12.5 Å². The van der Waals surface area contributed by atoms with Crippen LogP contribution in [0.5, 0.6) is 5.75 Å². The SMILES string of the molecule is CCCC(=O)Oc1ccc2c(c1)[C@@]1(C)CCN(C)C(C2)C1. The average Bonchev–Trinajstić information content (AvgIpc) is 2.44. The summed E-state index contributed by atoms with van der Waals surface area (Å²) in [6.07, 6.45) is 4.82. The molecule has 0 radical (unpaired) electrons. The Bertz CT molecular complexity index is 554. The van der Waals surface area contributed by atoms with Crippen LogP contribution < -0.4 is 4.74 Å². The van der Waals surface area contributed by atoms with E-state index in [0.29, 0.717) is 18.2 Å². The Balaban J connectivity index is 1.88. The van der Waals surface area contributed by atoms with Crippen LogP contribution in [0.2, 0.25) is 0 Å². The van der Waals surface area contributed by atoms with E-state index in [1.807, 2.05) is 13.0 Å². The van der Waals surface area contributed by atoms with E-state index in [0.717, 1.165) is 19.4 Å². The molecule has 0 spiro atoms. The largest absolute Gasteiger partial charge is 0.427 e. The number of piperidine rings is 1. The monoisotopic (exact) mass is 287 g/mol. The number of likely N-dealkylation sites (N-methyl/N-ethyl adjacent to an activating group) is 1. The van der Waals surface area contributed by atoms with Gasteiger partial charge >= 0.3 is 5.97 Å². The summed E-state index contributed by atoms with van der Waals surface area (Å²) in [5.41, 5.74) is 3.06. The highest BCUT2D eigenvalue weighted by Gasteiger charge is 2.41. The molecule has 2 aliphatic rings. The number of nitrogens with zero attached hydrogens (tertiary/aromatic N) is 1. The first-order chi connectivity index (χ1) is 10.0. The maximum atomic E-state index is 11.7. The average molecular weight is 287 g/mol. The van der Waals surface area contributed by atoms with E-state index in [2.05, 4.69) is 31.0 Å². The van der Waals surface area contributed by atoms with Crippen LogP contribution in [-0.4, -0.2) is 30.5 Å². The number of carbonyl (C=O) groups is 1. The third-order valence-corrected chi connectivity index (χ3v) is 5.20. The van der Waals surface area contributed by atoms with Crippen molar-refractivity contribution in [3.05, 3.63) is 29.3 Å². The summed E-state index contributed by atoms with van der Waals surface area (Å²) >= 11 is 0. The zero-order valence-corrected chi connectivity index (χ0v) is 13.3. The van der Waals surface area contributed by atoms with Crippen LogP contribution in [0.25, 0.3) is 0 Å². The lowest BCUT2D eigenvalue weighted by atomic mass is 9.65. The molecule has 3 nitrogen and oxygen atoms in total. The first-order valence-corrected chi connectivity index (χ1v) is 8.06. The summed E-state index contributed by atoms with van der Waals surface area (Å²) in [7, 11) is 2.23. The maximum absolute atomic E-state index is 11.7. The van der Waals surface area contributed by atoms with Crippen LogP contribution in [-0.2, 0) is 16.6 Å². The fourth-order valence-corrected chi connectivity index (χ4v) is 3.86. The Kier molecular flexibility index (Phi) is 3.78. The lowest BCUT2D eigenvalue weighted by molar-refractivity contribution is -0.134. The fraction of sp³-hybridized carbons (Fsp3) is 0.611. The van der Waals surface area contributed by atoms with Gasteiger partial charge in [0.2, 0.25) is 0 Å². The number of fused-ring (bicyclic) bond motifs is 4. The van der Waals surface area contributed by atoms with Gasteiger partial charge in [-0.1, -0.05) is 19.9 Å². The van der Waals surface area contributed by atoms with Crippen molar-refractivity contribution in [3.63, 3.8) is 0 Å². The minimum absolute atomic E-state index is 0.125. The Morgan fingerprint density at radius 3 is 3.05 bits per heavy atom. The molecule has 114 valence electrons. The van der Waals surface area contributed by atoms with Crippen LogP contribution >= 0.6 is 0 Å². The zero-order chi connectivity index (χ0) is 15.0. The lowest BCUT2D eigenvalue weighted by Crippen LogP contribution is -2.50. The van der Waals surface area contributed by atoms with Gasteiger partial charge in [-0.05, 0) is 68.0 Å². The third kappa shape index (κ3) is 2.71. The summed E-state index contributed by atoms with van der Waals surface area (Å²) in [5.74, 6) is 0.588. The summed E-state index contributed by atoms with van der Waals surface area (Å²) in [5, 5.41) is 0. The Morgan fingerprint density at radius 1 is 1.48 bits per heavy atom. The van der Waals surface area contributed by atoms with Crippen molar-refractivity contribution in [2.45, 2.75) is 57.4 Å². The molecule has 1 heterocycles. The van der Waals surface area contributed by atoms with Crippen LogP contribution in [0.4, 0.5) is 0 Å². The van der Waals surface area contributed by atoms with Crippen LogP contribution in [0.1, 0.15) is 50.7 Å². The van der Waals surface area contributed by atoms with E-state index < -0.39 is 0 Å². The Labute approximate surface area is 127 Å². The van der Waals surface area contributed by atoms with E-state index >= 15 is 0 Å². The first kappa shape index (κ1) is 14.6. The standard InChI is InChI=1S/C18H25NO2/c1-4-5-17(20)21-15-7-6-13-10-14-12-18(2,16(13)11-15)8-9-19(14)3/h6-7,11,14H,4-5,8-10,12H2,1-3H3/t14?,18-/m0/s1. The first-order valence-electron chi connectivity index (χ1n) is 8.06. The van der Waals surface area contributed by atoms with E-state index in [1.165, 1.54) is 24.0 Å². The number of esters is 1. The van der Waals surface area contributed by atoms with Gasteiger partial charge in [-0.15, -0.1) is 0 Å². The molecule has 3 rings (SSSR count). The van der Waals surface area contributed by atoms with Gasteiger partial charge in [0.15, 0.2) is 0 Å². The van der Waals surface area contributed by atoms with Gasteiger partial charge in [0.05, 0.1) is 0 Å². The van der Waals surface area contributed by atoms with E-state index in [-0.39, 0.29) is 11.4 Å². The number of likely N-dealkylation sites (tertiary alicyclic amines) is 1. The molecule has 21 heavy (non-hydrogen) atoms. The van der Waals surface area contributed by atoms with Crippen molar-refractivity contribution in [1.29, 1.82) is 0 Å². The summed E-state index contributed by atoms with van der Waals surface area (Å²) < 4.78 is 5.48. The number of hydrogen-bond acceptors (Lipinski definition) is 3. The number of ether oxygens (including phenoxy) is 1. The molecule has 0 saturated carbocycles. The number of hydrogen-bond donors (Lipinski definition) is 0. The molecular weight excluding hydrogens is 262 g/mol. The second-order valence-corrected chi connectivity index (χ2v) is 6.90. The van der Waals surface area contributed by atoms with Gasteiger partial charge in [0.25, 0.3) is 0 Å². The van der Waals surface area contributed by atoms with Crippen molar-refractivity contribution in [3.8, 4) is 5.75 Å². The smallest absolute Gasteiger partial charge is 0.311 e. The number of rotatable bonds is 3. The number of carbonyl (C=O) groups excluding carboxylic acids is 1. The van der Waals surface area contributed by atoms with Crippen LogP contribution in [0.15, 0.2) is 18.2 Å². The Hall–Kier alpha value is -1.35. The molecule has 1 aliphatic carbocycles. The summed E-state index contributed by atoms with van der Waals surface area (Å²) in [6.45, 7) is 5.51. The van der Waals surface area contributed by atoms with E-state index in [4.69, 9.17) is 4.74 Å². The quantitative estimate of drug-likeness (QED) is 0.631. The van der Waals surface area contributed by atoms with Crippen molar-refractivity contribution < 1.29 is 9.53 Å². The number of benzene rings is 1. The second kappa shape index (κ2) is 5.45. The van der Waals surface area contributed by atoms with Crippen molar-refractivity contribution >= 4 is 5.97 Å². The highest BCUT2D eigenvalue weighted by atomic mass is 16.5. The molecule has 1 aromatic carbocycles. The molecule has 1 fully saturated rings. The van der Waals surface area contributed by atoms with E-state index in [1.54, 1.807) is 0 Å². The highest BCUT2D eigenvalue weighted by molar-refractivity contribution is 5.72. The third-order valence-electron chi connectivity index (χ3n) is 5.20. The zero-order valence-electron chi connectivity index (χ0n) is 13.3. The Morgan fingerprint density at radius 2 is 2.29 bits per heavy atom. The minimum Gasteiger partial charge on any atom is -0.427 e. The summed E-state index contributed by atoms with van der Waals surface area (Å²) in [4.78, 5) is 14.2. The molecule has 1 aromatic rings. The van der Waals surface area contributed by atoms with Crippen molar-refractivity contribution in [2.24, 2.45) is 0 Å². The molecule has 0 amide bonds. The normalized spacial score (nSPS) is 28.0. The molecule has 2 atom stereocenters. The molecule has 3 heteroatoms. The summed E-state index contributed by atoms with van der Waals surface area (Å²) in [6, 6.07) is 6.89. The van der Waals surface area contributed by atoms with Gasteiger partial charge in [-0.25, -0.2) is 0 Å². The van der Waals surface area contributed by atoms with Crippen LogP contribution in [0.3, 0.4) is 0 Å². The van der Waals surface area contributed by atoms with Crippen molar-refractivity contribution in [1.82, 2.24) is 4.90 Å². The predicted molar refractivity (Wildman–Crippen MR) is 83.7 cm³/mol. The predicted octanol–water partition coefficient (Wildman–Crippen LogP) is 3.30. The lowest BCUT2D eigenvalue weighted by Gasteiger charge is -2.48. The van der Waals surface area contributed by atoms with Gasteiger partial charge in [-0.2, -0.15) is 0 Å². The molecule has 0 aromatic heterocycles. The molecule has 2 bridgehead atoms. The maximum Gasteiger partial charge on any atom is 0.311 e. The molecule has 1 aliphatic heterocycles. The van der Waals surface area contributed by atoms with Gasteiger partial charge in [-0.3, -0.25) is 4.79 Å². The van der Waals surface area contributed by atoms with Crippen molar-refractivity contribution in [2.75, 3.05) is 13.6 Å². The molecule has 1 unspecified atom stereocenters. The topological polar surface area (TPSA) is 29.5 Å². The highest BCUT2D eigenvalue weighted by Crippen LogP contribution is 2.45. The second-order valence-electron chi connectivity index (χ2n) is 6.90. The van der Waals surface area contributed by atoms with Gasteiger partial charge < -0.3 is 9.64 Å². The van der Waals surface area contributed by atoms with Gasteiger partial charge in [0.1, 0.15) is 5.75 Å². The van der Waals surface area contributed by atoms with Crippen LogP contribution in [0, 0.1) is 0 Å². The fourth-order valence-electron chi connectivity index (χ4n) is 3.86. The molecule has 0 N–H and O–H groups in total. The minimum atomic E-state index is -0.125.